The highest BCUT2D eigenvalue weighted by molar-refractivity contribution is 5.82. The first-order valence-electron chi connectivity index (χ1n) is 9.68. The highest BCUT2D eigenvalue weighted by Crippen LogP contribution is 2.31. The molecule has 2 aromatic carbocycles. The molecule has 156 valence electrons. The van der Waals surface area contributed by atoms with Crippen molar-refractivity contribution in [2.45, 2.75) is 20.4 Å². The molecule has 0 aliphatic rings. The van der Waals surface area contributed by atoms with Crippen molar-refractivity contribution in [2.24, 2.45) is 0 Å². The predicted octanol–water partition coefficient (Wildman–Crippen LogP) is 1.22. The molecule has 5 nitrogen and oxygen atoms in total. The lowest BCUT2D eigenvalue weighted by Crippen LogP contribution is -3.00. The number of halogens is 1. The van der Waals surface area contributed by atoms with Gasteiger partial charge < -0.3 is 35.9 Å². The van der Waals surface area contributed by atoms with Crippen LogP contribution in [0.4, 0.5) is 5.69 Å². The third-order valence-corrected chi connectivity index (χ3v) is 4.85. The van der Waals surface area contributed by atoms with Gasteiger partial charge in [-0.1, -0.05) is 0 Å². The van der Waals surface area contributed by atoms with E-state index in [2.05, 4.69) is 39.9 Å². The van der Waals surface area contributed by atoms with Crippen molar-refractivity contribution < 1.29 is 31.0 Å². The van der Waals surface area contributed by atoms with Crippen molar-refractivity contribution in [1.29, 1.82) is 0 Å². The summed E-state index contributed by atoms with van der Waals surface area (Å²) in [7, 11) is 6.28. The van der Waals surface area contributed by atoms with E-state index in [0.717, 1.165) is 35.4 Å². The quantitative estimate of drug-likeness (QED) is 0.562. The smallest absolute Gasteiger partial charge is 0.235 e. The summed E-state index contributed by atoms with van der Waals surface area (Å²) in [6.45, 7) is 6.84. The van der Waals surface area contributed by atoms with E-state index < -0.39 is 5.43 Å². The van der Waals surface area contributed by atoms with E-state index in [1.807, 2.05) is 42.5 Å². The Balaban J connectivity index is 0.00000300. The van der Waals surface area contributed by atoms with Crippen LogP contribution in [0.3, 0.4) is 0 Å². The van der Waals surface area contributed by atoms with Crippen molar-refractivity contribution in [3.05, 3.63) is 58.3 Å². The van der Waals surface area contributed by atoms with Crippen LogP contribution < -0.4 is 27.3 Å². The van der Waals surface area contributed by atoms with Gasteiger partial charge in [0.1, 0.15) is 12.1 Å². The number of benzene rings is 2. The average Bonchev–Trinajstić information content (AvgIpc) is 2.65. The fourth-order valence-corrected chi connectivity index (χ4v) is 3.49. The third kappa shape index (κ3) is 5.00. The minimum absolute atomic E-state index is 0. The largest absolute Gasteiger partial charge is 1.00 e. The highest BCUT2D eigenvalue weighted by atomic mass is 79.9. The Morgan fingerprint density at radius 2 is 1.62 bits per heavy atom. The molecule has 0 bridgehead atoms. The van der Waals surface area contributed by atoms with E-state index in [-0.39, 0.29) is 28.5 Å². The molecular formula is C23H29BrN2O3. The van der Waals surface area contributed by atoms with Crippen LogP contribution in [0.15, 0.2) is 51.7 Å². The molecule has 0 radical (unpaired) electrons. The molecule has 0 fully saturated rings. The van der Waals surface area contributed by atoms with Crippen molar-refractivity contribution in [3.63, 3.8) is 0 Å². The lowest BCUT2D eigenvalue weighted by Gasteiger charge is -2.24. The maximum absolute atomic E-state index is 12.8. The van der Waals surface area contributed by atoms with Gasteiger partial charge in [0.2, 0.25) is 11.2 Å². The van der Waals surface area contributed by atoms with Gasteiger partial charge in [0, 0.05) is 29.9 Å². The zero-order valence-corrected chi connectivity index (χ0v) is 19.3. The summed E-state index contributed by atoms with van der Waals surface area (Å²) >= 11 is 0. The number of rotatable bonds is 6. The zero-order chi connectivity index (χ0) is 20.5. The monoisotopic (exact) mass is 460 g/mol. The van der Waals surface area contributed by atoms with Crippen LogP contribution in [-0.2, 0) is 6.54 Å². The van der Waals surface area contributed by atoms with Gasteiger partial charge in [-0.05, 0) is 56.3 Å². The number of hydrogen-bond acceptors (Lipinski definition) is 4. The van der Waals surface area contributed by atoms with E-state index in [4.69, 9.17) is 4.42 Å². The van der Waals surface area contributed by atoms with Crippen LogP contribution in [0.5, 0.6) is 5.75 Å². The van der Waals surface area contributed by atoms with E-state index in [1.54, 1.807) is 0 Å². The van der Waals surface area contributed by atoms with Gasteiger partial charge in [0.05, 0.1) is 26.5 Å². The van der Waals surface area contributed by atoms with Gasteiger partial charge in [-0.25, -0.2) is 0 Å². The van der Waals surface area contributed by atoms with E-state index >= 15 is 0 Å². The molecule has 6 heteroatoms. The fraction of sp³-hybridized carbons (Fsp3) is 0.348. The van der Waals surface area contributed by atoms with Gasteiger partial charge >= 0.3 is 0 Å². The van der Waals surface area contributed by atoms with Gasteiger partial charge in [-0.2, -0.15) is 0 Å². The molecule has 29 heavy (non-hydrogen) atoms. The van der Waals surface area contributed by atoms with Crippen molar-refractivity contribution >= 4 is 16.7 Å². The second kappa shape index (κ2) is 9.01. The Morgan fingerprint density at radius 3 is 2.17 bits per heavy atom. The first-order chi connectivity index (χ1) is 13.2. The standard InChI is InChI=1S/C23H28N2O3.BrH/c1-6-24(7-2)18-11-9-17(10-12-18)23-22(27)21(26)19-14-16(15-25(3,4)5)8-13-20(19)28-23;/h8-14H,6-7,15H2,1-5H3;1H. The van der Waals surface area contributed by atoms with Crippen LogP contribution in [0.25, 0.3) is 22.3 Å². The number of aromatic hydroxyl groups is 1. The summed E-state index contributed by atoms with van der Waals surface area (Å²) < 4.78 is 6.68. The molecule has 0 unspecified atom stereocenters. The van der Waals surface area contributed by atoms with E-state index in [9.17, 15) is 9.90 Å². The summed E-state index contributed by atoms with van der Waals surface area (Å²) in [6, 6.07) is 13.3. The Hall–Kier alpha value is -2.31. The van der Waals surface area contributed by atoms with E-state index in [1.165, 1.54) is 0 Å². The summed E-state index contributed by atoms with van der Waals surface area (Å²) in [4.78, 5) is 15.0. The molecule has 0 saturated heterocycles. The molecule has 3 aromatic rings. The Morgan fingerprint density at radius 1 is 1.00 bits per heavy atom. The molecule has 1 heterocycles. The highest BCUT2D eigenvalue weighted by Gasteiger charge is 2.17. The minimum atomic E-state index is -0.396. The minimum Gasteiger partial charge on any atom is -1.00 e. The van der Waals surface area contributed by atoms with Gasteiger partial charge in [-0.15, -0.1) is 0 Å². The van der Waals surface area contributed by atoms with Crippen LogP contribution in [0.1, 0.15) is 19.4 Å². The summed E-state index contributed by atoms with van der Waals surface area (Å²) in [5, 5.41) is 10.9. The molecule has 1 N–H and O–H groups in total. The second-order valence-electron chi connectivity index (χ2n) is 8.11. The van der Waals surface area contributed by atoms with Gasteiger partial charge in [0.25, 0.3) is 0 Å². The predicted molar refractivity (Wildman–Crippen MR) is 115 cm³/mol. The average molecular weight is 461 g/mol. The van der Waals surface area contributed by atoms with Crippen LogP contribution in [0.2, 0.25) is 0 Å². The first kappa shape index (κ1) is 23.0. The summed E-state index contributed by atoms with van der Waals surface area (Å²) in [6.07, 6.45) is 0. The SMILES string of the molecule is CCN(CC)c1ccc(-c2oc3ccc(C[N+](C)(C)C)cc3c(=O)c2O)cc1.[Br-]. The Kier molecular flexibility index (Phi) is 7.14. The lowest BCUT2D eigenvalue weighted by molar-refractivity contribution is -0.883. The maximum Gasteiger partial charge on any atom is 0.235 e. The molecule has 0 atom stereocenters. The second-order valence-corrected chi connectivity index (χ2v) is 8.11. The summed E-state index contributed by atoms with van der Waals surface area (Å²) in [5.74, 6) is -0.131. The van der Waals surface area contributed by atoms with Crippen molar-refractivity contribution in [1.82, 2.24) is 0 Å². The first-order valence-corrected chi connectivity index (χ1v) is 9.68. The third-order valence-electron chi connectivity index (χ3n) is 4.85. The summed E-state index contributed by atoms with van der Waals surface area (Å²) in [5.41, 5.74) is 2.90. The Labute approximate surface area is 182 Å². The molecule has 0 saturated carbocycles. The number of nitrogens with zero attached hydrogens (tertiary/aromatic N) is 2. The van der Waals surface area contributed by atoms with Crippen molar-refractivity contribution in [2.75, 3.05) is 39.1 Å². The van der Waals surface area contributed by atoms with Gasteiger partial charge in [0.15, 0.2) is 5.76 Å². The molecule has 3 rings (SSSR count). The number of anilines is 1. The maximum atomic E-state index is 12.8. The normalized spacial score (nSPS) is 11.3. The van der Waals surface area contributed by atoms with Crippen molar-refractivity contribution in [3.8, 4) is 17.1 Å². The molecule has 1 aromatic heterocycles. The number of quaternary nitrogens is 1. The van der Waals surface area contributed by atoms with Gasteiger partial charge in [-0.3, -0.25) is 4.79 Å². The van der Waals surface area contributed by atoms with Crippen LogP contribution in [-0.4, -0.2) is 43.8 Å². The fourth-order valence-electron chi connectivity index (χ4n) is 3.49. The zero-order valence-electron chi connectivity index (χ0n) is 17.7. The topological polar surface area (TPSA) is 53.7 Å². The molecule has 0 amide bonds. The number of fused-ring (bicyclic) bond motifs is 1. The lowest BCUT2D eigenvalue weighted by atomic mass is 10.1. The number of hydrogen-bond donors (Lipinski definition) is 1. The van der Waals surface area contributed by atoms with E-state index in [0.29, 0.717) is 16.5 Å². The molecular weight excluding hydrogens is 432 g/mol. The Bertz CT molecular complexity index is 1030. The molecule has 0 aliphatic heterocycles. The molecule has 0 aliphatic carbocycles. The van der Waals surface area contributed by atoms with Crippen LogP contribution in [0, 0.1) is 0 Å². The van der Waals surface area contributed by atoms with Crippen LogP contribution >= 0.6 is 0 Å². The molecule has 0 spiro atoms.